The minimum absolute atomic E-state index is 1.29. The van der Waals surface area contributed by atoms with Gasteiger partial charge >= 0.3 is 0 Å². The third-order valence-corrected chi connectivity index (χ3v) is 0.555. The number of nitrogens with two attached hydrogens (primary N) is 1. The predicted octanol–water partition coefficient (Wildman–Crippen LogP) is -1.30. The van der Waals surface area contributed by atoms with Gasteiger partial charge < -0.3 is 0 Å². The van der Waals surface area contributed by atoms with Crippen LogP contribution in [0.15, 0.2) is 12.4 Å². The second-order valence-corrected chi connectivity index (χ2v) is 0.977. The Morgan fingerprint density at radius 1 is 1.71 bits per heavy atom. The van der Waals surface area contributed by atoms with Crippen LogP contribution in [0.3, 0.4) is 0 Å². The molecule has 5 nitrogen and oxygen atoms in total. The zero-order valence-electron chi connectivity index (χ0n) is 3.57. The lowest BCUT2D eigenvalue weighted by atomic mass is 11.0. The molecule has 7 heavy (non-hydrogen) atoms. The highest BCUT2D eigenvalue weighted by Gasteiger charge is 1.77. The quantitative estimate of drug-likeness (QED) is 0.339. The van der Waals surface area contributed by atoms with E-state index in [0.717, 1.165) is 0 Å². The fraction of sp³-hybridized carbons (Fsp3) is 0. The molecular formula is C2H5N5. The average molecular weight is 99.1 g/mol. The van der Waals surface area contributed by atoms with E-state index in [4.69, 9.17) is 5.84 Å². The Hall–Kier alpha value is -1.10. The van der Waals surface area contributed by atoms with Gasteiger partial charge in [0.15, 0.2) is 0 Å². The number of hydrazine groups is 1. The van der Waals surface area contributed by atoms with Crippen LogP contribution in [0.25, 0.3) is 0 Å². The lowest BCUT2D eigenvalue weighted by molar-refractivity contribution is 0.706. The minimum atomic E-state index is 1.29. The molecule has 3 N–H and O–H groups in total. The molecule has 1 rings (SSSR count). The monoisotopic (exact) mass is 99.1 g/mol. The predicted molar refractivity (Wildman–Crippen MR) is 23.6 cm³/mol. The maximum atomic E-state index is 4.90. The topological polar surface area (TPSA) is 68.8 Å². The van der Waals surface area contributed by atoms with Crippen molar-refractivity contribution in [3.63, 3.8) is 0 Å². The molecule has 0 aliphatic heterocycles. The van der Waals surface area contributed by atoms with Crippen molar-refractivity contribution in [1.82, 2.24) is 15.1 Å². The van der Waals surface area contributed by atoms with Crippen molar-refractivity contribution in [2.75, 3.05) is 5.53 Å². The van der Waals surface area contributed by atoms with Crippen molar-refractivity contribution in [3.8, 4) is 0 Å². The first-order chi connectivity index (χ1) is 3.43. The molecule has 0 amide bonds. The molecule has 0 radical (unpaired) electrons. The molecule has 0 aliphatic carbocycles. The second kappa shape index (κ2) is 1.57. The van der Waals surface area contributed by atoms with E-state index in [1.54, 1.807) is 6.20 Å². The van der Waals surface area contributed by atoms with Gasteiger partial charge in [-0.3, -0.25) is 0 Å². The van der Waals surface area contributed by atoms with E-state index in [9.17, 15) is 0 Å². The molecule has 0 spiro atoms. The van der Waals surface area contributed by atoms with E-state index < -0.39 is 0 Å². The third-order valence-electron chi connectivity index (χ3n) is 0.555. The van der Waals surface area contributed by atoms with Crippen molar-refractivity contribution >= 4 is 0 Å². The van der Waals surface area contributed by atoms with Gasteiger partial charge in [0.2, 0.25) is 0 Å². The minimum Gasteiger partial charge on any atom is -0.244 e. The summed E-state index contributed by atoms with van der Waals surface area (Å²) in [6.45, 7) is 0. The molecule has 1 aromatic heterocycles. The molecule has 0 aromatic carbocycles. The molecule has 1 aromatic rings. The van der Waals surface area contributed by atoms with E-state index in [0.29, 0.717) is 0 Å². The lowest BCUT2D eigenvalue weighted by Gasteiger charge is -1.90. The zero-order valence-corrected chi connectivity index (χ0v) is 3.57. The molecule has 0 unspecified atom stereocenters. The van der Waals surface area contributed by atoms with Gasteiger partial charge in [0.1, 0.15) is 0 Å². The van der Waals surface area contributed by atoms with Gasteiger partial charge in [0.05, 0.1) is 12.4 Å². The van der Waals surface area contributed by atoms with Gasteiger partial charge in [-0.2, -0.15) is 4.79 Å². The number of hydrogen-bond donors (Lipinski definition) is 2. The van der Waals surface area contributed by atoms with Gasteiger partial charge in [-0.05, 0) is 5.21 Å². The summed E-state index contributed by atoms with van der Waals surface area (Å²) in [5.74, 6) is 4.90. The smallest absolute Gasteiger partial charge is 0.0715 e. The average Bonchev–Trinajstić information content (AvgIpc) is 2.14. The summed E-state index contributed by atoms with van der Waals surface area (Å²) in [6.07, 6.45) is 3.12. The van der Waals surface area contributed by atoms with Gasteiger partial charge in [0, 0.05) is 0 Å². The first-order valence-corrected chi connectivity index (χ1v) is 1.76. The van der Waals surface area contributed by atoms with Gasteiger partial charge in [0.25, 0.3) is 0 Å². The number of nitrogens with zero attached hydrogens (tertiary/aromatic N) is 3. The molecule has 0 bridgehead atoms. The largest absolute Gasteiger partial charge is 0.244 e. The van der Waals surface area contributed by atoms with Gasteiger partial charge in [-0.15, -0.1) is 5.10 Å². The van der Waals surface area contributed by atoms with E-state index in [2.05, 4.69) is 15.8 Å². The highest BCUT2D eigenvalue weighted by atomic mass is 15.7. The van der Waals surface area contributed by atoms with E-state index in [1.807, 2.05) is 0 Å². The van der Waals surface area contributed by atoms with Gasteiger partial charge in [-0.1, -0.05) is 0 Å². The summed E-state index contributed by atoms with van der Waals surface area (Å²) in [4.78, 5) is 1.29. The van der Waals surface area contributed by atoms with Crippen LogP contribution < -0.4 is 11.4 Å². The Balaban J connectivity index is 2.76. The SMILES string of the molecule is NNn1ccnn1. The van der Waals surface area contributed by atoms with Crippen molar-refractivity contribution in [2.24, 2.45) is 5.84 Å². The van der Waals surface area contributed by atoms with Crippen LogP contribution in [0.5, 0.6) is 0 Å². The maximum Gasteiger partial charge on any atom is 0.0715 e. The van der Waals surface area contributed by atoms with E-state index in [-0.39, 0.29) is 0 Å². The number of nitrogens with one attached hydrogen (secondary N) is 1. The Morgan fingerprint density at radius 3 is 2.86 bits per heavy atom. The first-order valence-electron chi connectivity index (χ1n) is 1.76. The fourth-order valence-corrected chi connectivity index (χ4v) is 0.277. The van der Waals surface area contributed by atoms with Crippen LogP contribution in [0.1, 0.15) is 0 Å². The summed E-state index contributed by atoms with van der Waals surface area (Å²) in [7, 11) is 0. The van der Waals surface area contributed by atoms with Crippen LogP contribution in [-0.2, 0) is 0 Å². The van der Waals surface area contributed by atoms with E-state index >= 15 is 0 Å². The van der Waals surface area contributed by atoms with Crippen LogP contribution in [0, 0.1) is 0 Å². The summed E-state index contributed by atoms with van der Waals surface area (Å²) < 4.78 is 0. The number of hydrogen-bond acceptors (Lipinski definition) is 4. The fourth-order valence-electron chi connectivity index (χ4n) is 0.277. The summed E-state index contributed by atoms with van der Waals surface area (Å²) in [6, 6.07) is 0. The van der Waals surface area contributed by atoms with Crippen molar-refractivity contribution in [1.29, 1.82) is 0 Å². The Morgan fingerprint density at radius 2 is 2.57 bits per heavy atom. The number of rotatable bonds is 1. The normalized spacial score (nSPS) is 8.71. The van der Waals surface area contributed by atoms with Crippen LogP contribution in [0.2, 0.25) is 0 Å². The van der Waals surface area contributed by atoms with Crippen LogP contribution >= 0.6 is 0 Å². The highest BCUT2D eigenvalue weighted by molar-refractivity contribution is 4.65. The summed E-state index contributed by atoms with van der Waals surface area (Å²) in [5.41, 5.74) is 2.25. The molecule has 5 heteroatoms. The standard InChI is InChI=1S/C2H5N5/c3-5-7-2-1-4-6-7/h1-2,5H,3H2. The second-order valence-electron chi connectivity index (χ2n) is 0.977. The Bertz CT molecular complexity index is 121. The molecular weight excluding hydrogens is 94.1 g/mol. The molecule has 0 fully saturated rings. The maximum absolute atomic E-state index is 4.90. The van der Waals surface area contributed by atoms with Crippen molar-refractivity contribution in [3.05, 3.63) is 12.4 Å². The summed E-state index contributed by atoms with van der Waals surface area (Å²) in [5, 5.41) is 6.93. The van der Waals surface area contributed by atoms with Crippen molar-refractivity contribution < 1.29 is 0 Å². The summed E-state index contributed by atoms with van der Waals surface area (Å²) >= 11 is 0. The molecule has 38 valence electrons. The molecule has 0 saturated heterocycles. The van der Waals surface area contributed by atoms with Crippen molar-refractivity contribution in [2.45, 2.75) is 0 Å². The lowest BCUT2D eigenvalue weighted by Crippen LogP contribution is -2.21. The first kappa shape index (κ1) is 4.07. The molecule has 0 saturated carbocycles. The highest BCUT2D eigenvalue weighted by Crippen LogP contribution is 1.66. The zero-order chi connectivity index (χ0) is 5.11. The van der Waals surface area contributed by atoms with Crippen LogP contribution in [0.4, 0.5) is 0 Å². The van der Waals surface area contributed by atoms with E-state index in [1.165, 1.54) is 11.0 Å². The van der Waals surface area contributed by atoms with Gasteiger partial charge in [-0.25, -0.2) is 11.4 Å². The Labute approximate surface area is 40.1 Å². The molecule has 0 aliphatic rings. The Kier molecular flexibility index (Phi) is 0.910. The third kappa shape index (κ3) is 0.660. The number of aromatic nitrogens is 3. The number of nitrogen functional groups attached to an aromatic ring is 1. The molecule has 0 atom stereocenters. The van der Waals surface area contributed by atoms with Crippen LogP contribution in [-0.4, -0.2) is 15.1 Å². The molecule has 1 heterocycles.